The molecule has 0 atom stereocenters. The molecular weight excluding hydrogens is 347 g/mol. The molecule has 1 aliphatic rings. The van der Waals surface area contributed by atoms with Gasteiger partial charge in [-0.05, 0) is 22.6 Å². The van der Waals surface area contributed by atoms with Crippen molar-refractivity contribution >= 4 is 34.4 Å². The van der Waals surface area contributed by atoms with Crippen LogP contribution in [-0.4, -0.2) is 53.6 Å². The Balaban J connectivity index is 1.71. The predicted molar refractivity (Wildman–Crippen MR) is 75.3 cm³/mol. The van der Waals surface area contributed by atoms with Gasteiger partial charge < -0.3 is 15.0 Å². The summed E-state index contributed by atoms with van der Waals surface area (Å²) in [4.78, 5) is 21.9. The molecule has 98 valence electrons. The molecule has 1 N–H and O–H groups in total. The number of hydrogen-bond acceptors (Lipinski definition) is 5. The van der Waals surface area contributed by atoms with E-state index in [1.54, 1.807) is 12.4 Å². The molecule has 0 spiro atoms. The summed E-state index contributed by atoms with van der Waals surface area (Å²) < 4.78 is 6.19. The Morgan fingerprint density at radius 2 is 2.06 bits per heavy atom. The number of carbonyl (C=O) groups excluding carboxylic acids is 1. The van der Waals surface area contributed by atoms with Gasteiger partial charge in [0.2, 0.25) is 11.9 Å². The molecule has 0 bridgehead atoms. The SMILES string of the molecule is O=C(CCNc1ncc(I)cn1)N1CCOCC1. The fourth-order valence-electron chi connectivity index (χ4n) is 1.66. The number of nitrogens with one attached hydrogen (secondary N) is 1. The molecular formula is C11H15IN4O2. The Kier molecular flexibility index (Phi) is 5.12. The quantitative estimate of drug-likeness (QED) is 0.801. The van der Waals surface area contributed by atoms with Crippen LogP contribution in [0, 0.1) is 3.57 Å². The van der Waals surface area contributed by atoms with Crippen LogP contribution in [0.15, 0.2) is 12.4 Å². The van der Waals surface area contributed by atoms with Crippen molar-refractivity contribution in [1.82, 2.24) is 14.9 Å². The number of morpholine rings is 1. The minimum Gasteiger partial charge on any atom is -0.378 e. The van der Waals surface area contributed by atoms with Crippen LogP contribution in [0.2, 0.25) is 0 Å². The van der Waals surface area contributed by atoms with Gasteiger partial charge in [-0.1, -0.05) is 0 Å². The summed E-state index contributed by atoms with van der Waals surface area (Å²) in [5, 5.41) is 3.04. The zero-order valence-electron chi connectivity index (χ0n) is 9.93. The highest BCUT2D eigenvalue weighted by Gasteiger charge is 2.15. The van der Waals surface area contributed by atoms with Crippen molar-refractivity contribution in [3.8, 4) is 0 Å². The van der Waals surface area contributed by atoms with E-state index in [-0.39, 0.29) is 5.91 Å². The van der Waals surface area contributed by atoms with Crippen LogP contribution in [0.1, 0.15) is 6.42 Å². The number of halogens is 1. The lowest BCUT2D eigenvalue weighted by Crippen LogP contribution is -2.41. The van der Waals surface area contributed by atoms with Gasteiger partial charge in [-0.2, -0.15) is 0 Å². The van der Waals surface area contributed by atoms with E-state index in [1.807, 2.05) is 4.90 Å². The van der Waals surface area contributed by atoms with E-state index in [0.717, 1.165) is 3.57 Å². The maximum absolute atomic E-state index is 11.8. The average molecular weight is 362 g/mol. The summed E-state index contributed by atoms with van der Waals surface area (Å²) >= 11 is 2.15. The Morgan fingerprint density at radius 3 is 2.72 bits per heavy atom. The average Bonchev–Trinajstić information content (AvgIpc) is 2.42. The van der Waals surface area contributed by atoms with Crippen LogP contribution in [0.5, 0.6) is 0 Å². The molecule has 1 fully saturated rings. The van der Waals surface area contributed by atoms with Gasteiger partial charge in [0.05, 0.1) is 13.2 Å². The largest absolute Gasteiger partial charge is 0.378 e. The van der Waals surface area contributed by atoms with Gasteiger partial charge in [0.25, 0.3) is 0 Å². The van der Waals surface area contributed by atoms with E-state index in [2.05, 4.69) is 37.9 Å². The topological polar surface area (TPSA) is 67.4 Å². The Hall–Kier alpha value is -0.960. The van der Waals surface area contributed by atoms with Crippen LogP contribution in [0.3, 0.4) is 0 Å². The summed E-state index contributed by atoms with van der Waals surface area (Å²) in [6.45, 7) is 3.22. The molecule has 1 amide bonds. The minimum absolute atomic E-state index is 0.149. The number of hydrogen-bond donors (Lipinski definition) is 1. The zero-order chi connectivity index (χ0) is 12.8. The second kappa shape index (κ2) is 6.83. The summed E-state index contributed by atoms with van der Waals surface area (Å²) in [5.41, 5.74) is 0. The van der Waals surface area contributed by atoms with Crippen LogP contribution < -0.4 is 5.32 Å². The van der Waals surface area contributed by atoms with E-state index in [4.69, 9.17) is 4.74 Å². The highest BCUT2D eigenvalue weighted by molar-refractivity contribution is 14.1. The molecule has 0 aliphatic carbocycles. The van der Waals surface area contributed by atoms with Crippen LogP contribution in [0.25, 0.3) is 0 Å². The normalized spacial score (nSPS) is 15.5. The number of carbonyl (C=O) groups is 1. The summed E-state index contributed by atoms with van der Waals surface area (Å²) in [6, 6.07) is 0. The Morgan fingerprint density at radius 1 is 1.39 bits per heavy atom. The molecule has 0 radical (unpaired) electrons. The number of ether oxygens (including phenoxy) is 1. The second-order valence-electron chi connectivity index (χ2n) is 3.89. The fourth-order valence-corrected chi connectivity index (χ4v) is 1.93. The van der Waals surface area contributed by atoms with Gasteiger partial charge in [0.1, 0.15) is 0 Å². The van der Waals surface area contributed by atoms with E-state index in [1.165, 1.54) is 0 Å². The van der Waals surface area contributed by atoms with Crippen molar-refractivity contribution in [2.75, 3.05) is 38.2 Å². The predicted octanol–water partition coefficient (Wildman–Crippen LogP) is 0.742. The molecule has 0 aromatic carbocycles. The standard InChI is InChI=1S/C11H15IN4O2/c12-9-7-14-11(15-8-9)13-2-1-10(17)16-3-5-18-6-4-16/h7-8H,1-6H2,(H,13,14,15). The summed E-state index contributed by atoms with van der Waals surface area (Å²) in [6.07, 6.45) is 3.93. The number of rotatable bonds is 4. The molecule has 7 heteroatoms. The Labute approximate surface area is 119 Å². The number of amides is 1. The first-order chi connectivity index (χ1) is 8.75. The van der Waals surface area contributed by atoms with Gasteiger partial charge in [0, 0.05) is 42.0 Å². The van der Waals surface area contributed by atoms with Gasteiger partial charge in [-0.15, -0.1) is 0 Å². The van der Waals surface area contributed by atoms with Gasteiger partial charge >= 0.3 is 0 Å². The van der Waals surface area contributed by atoms with E-state index in [0.29, 0.717) is 45.2 Å². The first-order valence-electron chi connectivity index (χ1n) is 5.82. The van der Waals surface area contributed by atoms with E-state index < -0.39 is 0 Å². The number of nitrogens with zero attached hydrogens (tertiary/aromatic N) is 3. The van der Waals surface area contributed by atoms with E-state index >= 15 is 0 Å². The smallest absolute Gasteiger partial charge is 0.224 e. The molecule has 1 aliphatic heterocycles. The summed E-state index contributed by atoms with van der Waals surface area (Å²) in [7, 11) is 0. The van der Waals surface area contributed by atoms with Crippen LogP contribution in [-0.2, 0) is 9.53 Å². The third-order valence-electron chi connectivity index (χ3n) is 2.61. The van der Waals surface area contributed by atoms with Crippen LogP contribution >= 0.6 is 22.6 Å². The lowest BCUT2D eigenvalue weighted by atomic mass is 10.3. The third-order valence-corrected chi connectivity index (χ3v) is 3.16. The molecule has 18 heavy (non-hydrogen) atoms. The molecule has 1 aromatic heterocycles. The van der Waals surface area contributed by atoms with Crippen molar-refractivity contribution in [2.45, 2.75) is 6.42 Å². The minimum atomic E-state index is 0.149. The molecule has 2 heterocycles. The number of anilines is 1. The van der Waals surface area contributed by atoms with E-state index in [9.17, 15) is 4.79 Å². The molecule has 1 saturated heterocycles. The first kappa shape index (κ1) is 13.5. The maximum atomic E-state index is 11.8. The van der Waals surface area contributed by atoms with Gasteiger partial charge in [-0.3, -0.25) is 4.79 Å². The summed E-state index contributed by atoms with van der Waals surface area (Å²) in [5.74, 6) is 0.710. The molecule has 2 rings (SSSR count). The van der Waals surface area contributed by atoms with Crippen molar-refractivity contribution in [2.24, 2.45) is 0 Å². The highest BCUT2D eigenvalue weighted by Crippen LogP contribution is 2.04. The van der Waals surface area contributed by atoms with Crippen LogP contribution in [0.4, 0.5) is 5.95 Å². The molecule has 0 saturated carbocycles. The lowest BCUT2D eigenvalue weighted by molar-refractivity contribution is -0.134. The molecule has 0 unspecified atom stereocenters. The van der Waals surface area contributed by atoms with Crippen molar-refractivity contribution in [3.05, 3.63) is 16.0 Å². The number of aromatic nitrogens is 2. The van der Waals surface area contributed by atoms with Gasteiger partial charge in [-0.25, -0.2) is 9.97 Å². The third kappa shape index (κ3) is 4.05. The van der Waals surface area contributed by atoms with Crippen molar-refractivity contribution in [3.63, 3.8) is 0 Å². The lowest BCUT2D eigenvalue weighted by Gasteiger charge is -2.26. The highest BCUT2D eigenvalue weighted by atomic mass is 127. The van der Waals surface area contributed by atoms with Gasteiger partial charge in [0.15, 0.2) is 0 Å². The zero-order valence-corrected chi connectivity index (χ0v) is 12.1. The van der Waals surface area contributed by atoms with Crippen molar-refractivity contribution in [1.29, 1.82) is 0 Å². The monoisotopic (exact) mass is 362 g/mol. The fraction of sp³-hybridized carbons (Fsp3) is 0.545. The molecule has 1 aromatic rings. The second-order valence-corrected chi connectivity index (χ2v) is 5.14. The Bertz CT molecular complexity index is 393. The van der Waals surface area contributed by atoms with Crippen molar-refractivity contribution < 1.29 is 9.53 Å². The molecule has 6 nitrogen and oxygen atoms in total. The maximum Gasteiger partial charge on any atom is 0.224 e. The first-order valence-corrected chi connectivity index (χ1v) is 6.90.